The molecular formula is C26H46O3. The highest BCUT2D eigenvalue weighted by Gasteiger charge is 2.64. The molecule has 4 aliphatic rings. The molecule has 0 heterocycles. The topological polar surface area (TPSA) is 60.7 Å². The molecule has 0 spiro atoms. The first-order valence-electron chi connectivity index (χ1n) is 12.7. The van der Waals surface area contributed by atoms with E-state index in [2.05, 4.69) is 27.7 Å². The molecule has 0 amide bonds. The zero-order valence-electron chi connectivity index (χ0n) is 19.3. The lowest BCUT2D eigenvalue weighted by Crippen LogP contribution is -2.61. The van der Waals surface area contributed by atoms with Crippen molar-refractivity contribution in [1.29, 1.82) is 0 Å². The van der Waals surface area contributed by atoms with Gasteiger partial charge in [-0.2, -0.15) is 0 Å². The second-order valence-corrected chi connectivity index (χ2v) is 12.0. The fraction of sp³-hybridized carbons (Fsp3) is 1.00. The SMILES string of the molecule is CC[C@H]1CC2C(C(O)C[C@@]3(C)C2CCC3[C@H](C)CCCO)C2(C)CC[C@@H](O)CC12. The highest BCUT2D eigenvalue weighted by molar-refractivity contribution is 5.13. The summed E-state index contributed by atoms with van der Waals surface area (Å²) in [4.78, 5) is 0. The molecule has 0 saturated heterocycles. The van der Waals surface area contributed by atoms with Gasteiger partial charge in [0.1, 0.15) is 0 Å². The molecule has 0 radical (unpaired) electrons. The molecule has 4 fully saturated rings. The average molecular weight is 407 g/mol. The van der Waals surface area contributed by atoms with Gasteiger partial charge in [0.15, 0.2) is 0 Å². The Balaban J connectivity index is 1.63. The molecule has 11 atom stereocenters. The van der Waals surface area contributed by atoms with Gasteiger partial charge >= 0.3 is 0 Å². The van der Waals surface area contributed by atoms with Crippen molar-refractivity contribution in [3.63, 3.8) is 0 Å². The van der Waals surface area contributed by atoms with E-state index in [0.29, 0.717) is 42.1 Å². The van der Waals surface area contributed by atoms with Crippen LogP contribution in [0.2, 0.25) is 0 Å². The molecule has 29 heavy (non-hydrogen) atoms. The predicted molar refractivity (Wildman–Crippen MR) is 117 cm³/mol. The summed E-state index contributed by atoms with van der Waals surface area (Å²) in [5, 5.41) is 31.3. The number of fused-ring (bicyclic) bond motifs is 5. The number of aliphatic hydroxyl groups excluding tert-OH is 3. The highest BCUT2D eigenvalue weighted by atomic mass is 16.3. The van der Waals surface area contributed by atoms with Crippen LogP contribution in [-0.4, -0.2) is 34.1 Å². The summed E-state index contributed by atoms with van der Waals surface area (Å²) in [7, 11) is 0. The van der Waals surface area contributed by atoms with Gasteiger partial charge in [-0.15, -0.1) is 0 Å². The summed E-state index contributed by atoms with van der Waals surface area (Å²) in [5.74, 6) is 4.44. The zero-order chi connectivity index (χ0) is 21.0. The van der Waals surface area contributed by atoms with E-state index >= 15 is 0 Å². The van der Waals surface area contributed by atoms with E-state index in [-0.39, 0.29) is 23.0 Å². The number of hydrogen-bond acceptors (Lipinski definition) is 3. The van der Waals surface area contributed by atoms with E-state index in [1.165, 1.54) is 25.7 Å². The van der Waals surface area contributed by atoms with Gasteiger partial charge in [-0.3, -0.25) is 0 Å². The summed E-state index contributed by atoms with van der Waals surface area (Å²) in [5.41, 5.74) is 0.454. The maximum atomic E-state index is 11.6. The van der Waals surface area contributed by atoms with Crippen LogP contribution < -0.4 is 0 Å². The Morgan fingerprint density at radius 1 is 1.00 bits per heavy atom. The van der Waals surface area contributed by atoms with Crippen LogP contribution in [0.1, 0.15) is 91.9 Å². The third kappa shape index (κ3) is 3.42. The van der Waals surface area contributed by atoms with Crippen molar-refractivity contribution in [2.45, 2.75) is 104 Å². The molecular weight excluding hydrogens is 360 g/mol. The van der Waals surface area contributed by atoms with E-state index in [4.69, 9.17) is 0 Å². The van der Waals surface area contributed by atoms with Crippen LogP contribution in [0.5, 0.6) is 0 Å². The van der Waals surface area contributed by atoms with Gasteiger partial charge in [-0.05, 0) is 110 Å². The first-order valence-corrected chi connectivity index (χ1v) is 12.7. The predicted octanol–water partition coefficient (Wildman–Crippen LogP) is 5.02. The van der Waals surface area contributed by atoms with Crippen LogP contribution in [-0.2, 0) is 0 Å². The Hall–Kier alpha value is -0.120. The first-order chi connectivity index (χ1) is 13.8. The first kappa shape index (κ1) is 22.1. The summed E-state index contributed by atoms with van der Waals surface area (Å²) in [6.07, 6.45) is 10.8. The summed E-state index contributed by atoms with van der Waals surface area (Å²) < 4.78 is 0. The molecule has 4 aliphatic carbocycles. The van der Waals surface area contributed by atoms with E-state index in [1.807, 2.05) is 0 Å². The summed E-state index contributed by atoms with van der Waals surface area (Å²) in [6, 6.07) is 0. The Kier molecular flexibility index (Phi) is 6.17. The smallest absolute Gasteiger partial charge is 0.0581 e. The molecule has 3 N–H and O–H groups in total. The van der Waals surface area contributed by atoms with E-state index in [9.17, 15) is 15.3 Å². The van der Waals surface area contributed by atoms with Gasteiger partial charge < -0.3 is 15.3 Å². The Morgan fingerprint density at radius 3 is 2.45 bits per heavy atom. The van der Waals surface area contributed by atoms with E-state index < -0.39 is 0 Å². The second kappa shape index (κ2) is 8.10. The molecule has 0 aromatic rings. The highest BCUT2D eigenvalue weighted by Crippen LogP contribution is 2.69. The lowest BCUT2D eigenvalue weighted by Gasteiger charge is -2.64. The minimum absolute atomic E-state index is 0.132. The van der Waals surface area contributed by atoms with Crippen LogP contribution in [0.4, 0.5) is 0 Å². The van der Waals surface area contributed by atoms with Crippen molar-refractivity contribution >= 4 is 0 Å². The van der Waals surface area contributed by atoms with Gasteiger partial charge in [0, 0.05) is 6.61 Å². The van der Waals surface area contributed by atoms with Gasteiger partial charge in [-0.25, -0.2) is 0 Å². The average Bonchev–Trinajstić information content (AvgIpc) is 3.02. The molecule has 0 aliphatic heterocycles. The van der Waals surface area contributed by atoms with Crippen LogP contribution in [0, 0.1) is 52.3 Å². The summed E-state index contributed by atoms with van der Waals surface area (Å²) >= 11 is 0. The van der Waals surface area contributed by atoms with Crippen LogP contribution in [0.15, 0.2) is 0 Å². The van der Waals surface area contributed by atoms with Gasteiger partial charge in [0.05, 0.1) is 12.2 Å². The maximum absolute atomic E-state index is 11.6. The monoisotopic (exact) mass is 406 g/mol. The maximum Gasteiger partial charge on any atom is 0.0581 e. The Labute approximate surface area is 178 Å². The van der Waals surface area contributed by atoms with Gasteiger partial charge in [0.25, 0.3) is 0 Å². The minimum Gasteiger partial charge on any atom is -0.396 e. The molecule has 168 valence electrons. The standard InChI is InChI=1S/C26H46O3/c1-5-17-13-19-21-9-8-20(16(2)7-6-12-27)26(21,4)15-23(29)24(19)25(3)11-10-18(28)14-22(17)25/h16-24,27-29H,5-15H2,1-4H3/t16-,17+,18-,19?,20?,21?,22?,23?,24?,25?,26-/m1/s1. The number of aliphatic hydroxyl groups is 3. The van der Waals surface area contributed by atoms with Crippen molar-refractivity contribution in [1.82, 2.24) is 0 Å². The van der Waals surface area contributed by atoms with Crippen LogP contribution in [0.25, 0.3) is 0 Å². The minimum atomic E-state index is -0.188. The van der Waals surface area contributed by atoms with E-state index in [1.54, 1.807) is 0 Å². The molecule has 7 unspecified atom stereocenters. The molecule has 4 rings (SSSR count). The largest absolute Gasteiger partial charge is 0.396 e. The molecule has 0 aromatic heterocycles. The van der Waals surface area contributed by atoms with Crippen LogP contribution >= 0.6 is 0 Å². The third-order valence-electron chi connectivity index (χ3n) is 10.8. The van der Waals surface area contributed by atoms with Crippen LogP contribution in [0.3, 0.4) is 0 Å². The van der Waals surface area contributed by atoms with Crippen molar-refractivity contribution in [2.24, 2.45) is 52.3 Å². The lowest BCUT2D eigenvalue weighted by atomic mass is 9.41. The van der Waals surface area contributed by atoms with Crippen molar-refractivity contribution in [3.8, 4) is 0 Å². The number of hydrogen-bond donors (Lipinski definition) is 3. The third-order valence-corrected chi connectivity index (χ3v) is 10.8. The Morgan fingerprint density at radius 2 is 1.76 bits per heavy atom. The second-order valence-electron chi connectivity index (χ2n) is 12.0. The van der Waals surface area contributed by atoms with Crippen molar-refractivity contribution in [2.75, 3.05) is 6.61 Å². The quantitative estimate of drug-likeness (QED) is 0.601. The summed E-state index contributed by atoms with van der Waals surface area (Å²) in [6.45, 7) is 10.0. The van der Waals surface area contributed by atoms with Gasteiger partial charge in [0.2, 0.25) is 0 Å². The molecule has 3 heteroatoms. The van der Waals surface area contributed by atoms with Crippen molar-refractivity contribution in [3.05, 3.63) is 0 Å². The molecule has 3 nitrogen and oxygen atoms in total. The number of rotatable bonds is 5. The normalized spacial score (nSPS) is 53.1. The van der Waals surface area contributed by atoms with E-state index in [0.717, 1.165) is 44.4 Å². The Bertz CT molecular complexity index is 578. The van der Waals surface area contributed by atoms with Gasteiger partial charge in [-0.1, -0.05) is 34.1 Å². The fourth-order valence-electron chi connectivity index (χ4n) is 9.65. The molecule has 0 aromatic carbocycles. The zero-order valence-corrected chi connectivity index (χ0v) is 19.3. The fourth-order valence-corrected chi connectivity index (χ4v) is 9.65. The lowest BCUT2D eigenvalue weighted by molar-refractivity contribution is -0.196. The molecule has 4 saturated carbocycles. The van der Waals surface area contributed by atoms with Crippen molar-refractivity contribution < 1.29 is 15.3 Å². The molecule has 0 bridgehead atoms.